The lowest BCUT2D eigenvalue weighted by molar-refractivity contribution is 0.131. The fourth-order valence-corrected chi connectivity index (χ4v) is 4.85. The number of aromatic nitrogens is 3. The second-order valence-corrected chi connectivity index (χ2v) is 12.6. The Labute approximate surface area is 292 Å². The molecule has 0 radical (unpaired) electrons. The van der Waals surface area contributed by atoms with Crippen molar-refractivity contribution in [2.45, 2.75) is 112 Å². The van der Waals surface area contributed by atoms with E-state index in [1.54, 1.807) is 19.5 Å². The normalized spacial score (nSPS) is 14.0. The third kappa shape index (κ3) is 14.1. The van der Waals surface area contributed by atoms with Crippen molar-refractivity contribution in [3.8, 4) is 0 Å². The van der Waals surface area contributed by atoms with Crippen LogP contribution in [0.15, 0.2) is 52.2 Å². The van der Waals surface area contributed by atoms with Gasteiger partial charge in [-0.25, -0.2) is 9.37 Å². The summed E-state index contributed by atoms with van der Waals surface area (Å²) in [6.07, 6.45) is 14.6. The smallest absolute Gasteiger partial charge is 0.253 e. The number of hydrogen-bond acceptors (Lipinski definition) is 7. The van der Waals surface area contributed by atoms with E-state index in [0.29, 0.717) is 12.4 Å². The summed E-state index contributed by atoms with van der Waals surface area (Å²) >= 11 is 0. The number of fused-ring (bicyclic) bond motifs is 1. The van der Waals surface area contributed by atoms with Crippen LogP contribution in [0.4, 0.5) is 4.39 Å². The van der Waals surface area contributed by atoms with Crippen LogP contribution in [0.5, 0.6) is 0 Å². The molecule has 268 valence electrons. The van der Waals surface area contributed by atoms with Gasteiger partial charge in [-0.3, -0.25) is 19.3 Å². The number of alkyl halides is 1. The molecule has 3 heterocycles. The molecule has 48 heavy (non-hydrogen) atoms. The Hall–Kier alpha value is -3.16. The fraction of sp³-hybridized carbons (Fsp3) is 0.579. The van der Waals surface area contributed by atoms with E-state index in [2.05, 4.69) is 67.1 Å². The van der Waals surface area contributed by atoms with Crippen molar-refractivity contribution in [1.82, 2.24) is 19.4 Å². The van der Waals surface area contributed by atoms with E-state index in [9.17, 15) is 9.18 Å². The van der Waals surface area contributed by atoms with Crippen molar-refractivity contribution in [1.29, 1.82) is 0 Å². The van der Waals surface area contributed by atoms with Gasteiger partial charge in [0.1, 0.15) is 5.82 Å². The van der Waals surface area contributed by atoms with Crippen LogP contribution in [-0.4, -0.2) is 52.0 Å². The van der Waals surface area contributed by atoms with Gasteiger partial charge in [0.2, 0.25) is 0 Å². The van der Waals surface area contributed by atoms with Crippen LogP contribution in [0, 0.1) is 0 Å². The van der Waals surface area contributed by atoms with Crippen molar-refractivity contribution < 1.29 is 9.13 Å². The molecule has 3 rings (SSSR count). The molecule has 0 spiro atoms. The SMILES string of the molecule is C=C(/C(C)=C(/C)c1nc(C(F)P)cc(=O)n1C)N1CCc2ncc(/C(C=NCCC)=C/N)cc2C1.CCCC.CCCCCOCCC. The quantitative estimate of drug-likeness (QED) is 0.0874. The Bertz CT molecular complexity index is 1410. The summed E-state index contributed by atoms with van der Waals surface area (Å²) in [5.74, 6) is -0.972. The molecule has 0 saturated heterocycles. The number of unbranched alkanes of at least 4 members (excludes halogenated alkanes) is 3. The van der Waals surface area contributed by atoms with Crippen LogP contribution in [0.25, 0.3) is 11.1 Å². The Balaban J connectivity index is 0.000000749. The minimum absolute atomic E-state index is 0.0996. The summed E-state index contributed by atoms with van der Waals surface area (Å²) in [6.45, 7) is 23.0. The Morgan fingerprint density at radius 1 is 1.10 bits per heavy atom. The molecule has 0 fully saturated rings. The first kappa shape index (κ1) is 42.9. The van der Waals surface area contributed by atoms with Gasteiger partial charge in [-0.15, -0.1) is 0 Å². The zero-order valence-electron chi connectivity index (χ0n) is 30.9. The average Bonchev–Trinajstić information content (AvgIpc) is 3.10. The van der Waals surface area contributed by atoms with Crippen LogP contribution in [0.3, 0.4) is 0 Å². The van der Waals surface area contributed by atoms with Crippen molar-refractivity contribution >= 4 is 26.6 Å². The van der Waals surface area contributed by atoms with Crippen LogP contribution < -0.4 is 11.3 Å². The molecular weight excluding hydrogens is 622 g/mol. The van der Waals surface area contributed by atoms with Gasteiger partial charge in [0.15, 0.2) is 5.91 Å². The number of nitrogens with zero attached hydrogens (tertiary/aromatic N) is 5. The topological polar surface area (TPSA) is 98.6 Å². The Morgan fingerprint density at radius 2 is 1.81 bits per heavy atom. The van der Waals surface area contributed by atoms with Crippen molar-refractivity contribution in [3.63, 3.8) is 0 Å². The van der Waals surface area contributed by atoms with Crippen molar-refractivity contribution in [2.24, 2.45) is 17.8 Å². The maximum absolute atomic E-state index is 13.9. The number of halogens is 1. The number of rotatable bonds is 15. The van der Waals surface area contributed by atoms with E-state index in [4.69, 9.17) is 10.5 Å². The maximum Gasteiger partial charge on any atom is 0.253 e. The lowest BCUT2D eigenvalue weighted by Crippen LogP contribution is -2.31. The molecule has 2 aromatic rings. The van der Waals surface area contributed by atoms with E-state index in [1.807, 2.05) is 29.3 Å². The average molecular weight is 685 g/mol. The zero-order chi connectivity index (χ0) is 36.1. The predicted octanol–water partition coefficient (Wildman–Crippen LogP) is 8.57. The number of ether oxygens (including phenoxy) is 1. The van der Waals surface area contributed by atoms with Gasteiger partial charge >= 0.3 is 0 Å². The highest BCUT2D eigenvalue weighted by Gasteiger charge is 2.22. The molecule has 8 nitrogen and oxygen atoms in total. The molecule has 0 aliphatic carbocycles. The van der Waals surface area contributed by atoms with Gasteiger partial charge in [-0.05, 0) is 55.9 Å². The van der Waals surface area contributed by atoms with Crippen LogP contribution in [0.2, 0.25) is 0 Å². The third-order valence-corrected chi connectivity index (χ3v) is 8.37. The van der Waals surface area contributed by atoms with Crippen LogP contribution >= 0.6 is 9.24 Å². The summed E-state index contributed by atoms with van der Waals surface area (Å²) in [5.41, 5.74) is 12.1. The number of aliphatic imine (C=N–C) groups is 1. The van der Waals surface area contributed by atoms with Gasteiger partial charge in [0.25, 0.3) is 5.56 Å². The molecule has 1 aliphatic heterocycles. The molecular formula is C38H62FN6O2P. The molecule has 2 unspecified atom stereocenters. The van der Waals surface area contributed by atoms with E-state index in [-0.39, 0.29) is 11.3 Å². The summed E-state index contributed by atoms with van der Waals surface area (Å²) < 4.78 is 20.6. The second-order valence-electron chi connectivity index (χ2n) is 12.0. The van der Waals surface area contributed by atoms with E-state index in [1.165, 1.54) is 42.7 Å². The first-order valence-corrected chi connectivity index (χ1v) is 18.2. The summed E-state index contributed by atoms with van der Waals surface area (Å²) in [6, 6.07) is 3.33. The summed E-state index contributed by atoms with van der Waals surface area (Å²) in [7, 11) is 3.68. The van der Waals surface area contributed by atoms with Crippen molar-refractivity contribution in [2.75, 3.05) is 26.3 Å². The van der Waals surface area contributed by atoms with E-state index in [0.717, 1.165) is 84.8 Å². The third-order valence-electron chi connectivity index (χ3n) is 8.03. The van der Waals surface area contributed by atoms with E-state index >= 15 is 0 Å². The highest BCUT2D eigenvalue weighted by molar-refractivity contribution is 7.16. The predicted molar refractivity (Wildman–Crippen MR) is 206 cm³/mol. The van der Waals surface area contributed by atoms with Gasteiger partial charge in [0, 0.05) is 93.5 Å². The van der Waals surface area contributed by atoms with Crippen molar-refractivity contribution in [3.05, 3.63) is 81.1 Å². The molecule has 0 amide bonds. The number of nitrogens with two attached hydrogens (primary N) is 1. The number of hydrogen-bond donors (Lipinski definition) is 1. The number of allylic oxidation sites excluding steroid dienone is 3. The minimum atomic E-state index is -1.40. The summed E-state index contributed by atoms with van der Waals surface area (Å²) in [4.78, 5) is 28.0. The maximum atomic E-state index is 13.9. The zero-order valence-corrected chi connectivity index (χ0v) is 32.1. The first-order chi connectivity index (χ1) is 23.0. The molecule has 0 saturated carbocycles. The standard InChI is InChI=1S/C26H34FN6OP.C8H18O.C4H10/c1-6-8-29-13-21(12-28)19-10-20-15-33(9-7-22(20)30-14-19)18(4)16(2)17(3)26-31-23(25(27)35)11-24(34)32(26)5;1-3-5-6-8-9-7-4-2;1-3-4-2/h10-14,25H,4,6-9,15,28,35H2,1-3,5H3;3-8H2,1-2H3;3-4H2,1-2H3/b17-16-,21-12+,29-13?;;. The molecule has 2 atom stereocenters. The van der Waals surface area contributed by atoms with Gasteiger partial charge < -0.3 is 15.4 Å². The Kier molecular flexibility index (Phi) is 21.5. The number of pyridine rings is 1. The van der Waals surface area contributed by atoms with Gasteiger partial charge in [-0.2, -0.15) is 0 Å². The highest BCUT2D eigenvalue weighted by atomic mass is 31.0. The highest BCUT2D eigenvalue weighted by Crippen LogP contribution is 2.29. The molecule has 2 aromatic heterocycles. The van der Waals surface area contributed by atoms with Gasteiger partial charge in [0.05, 0.1) is 5.69 Å². The monoisotopic (exact) mass is 684 g/mol. The van der Waals surface area contributed by atoms with Gasteiger partial charge in [-0.1, -0.05) is 76.1 Å². The van der Waals surface area contributed by atoms with Crippen LogP contribution in [0.1, 0.15) is 128 Å². The second kappa shape index (κ2) is 24.0. The van der Waals surface area contributed by atoms with E-state index < -0.39 is 5.91 Å². The first-order valence-electron chi connectivity index (χ1n) is 17.6. The summed E-state index contributed by atoms with van der Waals surface area (Å²) in [5, 5.41) is 0. The lowest BCUT2D eigenvalue weighted by Gasteiger charge is -2.33. The largest absolute Gasteiger partial charge is 0.404 e. The molecule has 1 aliphatic rings. The molecule has 0 bridgehead atoms. The fourth-order valence-electron chi connectivity index (χ4n) is 4.68. The molecule has 10 heteroatoms. The molecule has 2 N–H and O–H groups in total. The Morgan fingerprint density at radius 3 is 2.40 bits per heavy atom. The van der Waals surface area contributed by atoms with Crippen LogP contribution in [-0.2, 0) is 24.8 Å². The lowest BCUT2D eigenvalue weighted by atomic mass is 9.99. The molecule has 0 aromatic carbocycles. The minimum Gasteiger partial charge on any atom is -0.404 e.